The smallest absolute Gasteiger partial charge is 0.237 e. The highest BCUT2D eigenvalue weighted by Gasteiger charge is 2.22. The molecule has 0 aliphatic heterocycles. The third-order valence-corrected chi connectivity index (χ3v) is 3.35. The Bertz CT molecular complexity index is 409. The van der Waals surface area contributed by atoms with Gasteiger partial charge in [0.05, 0.1) is 12.1 Å². The average molecular weight is 293 g/mol. The van der Waals surface area contributed by atoms with Gasteiger partial charge in [-0.15, -0.1) is 0 Å². The number of nitrogens with one attached hydrogen (secondary N) is 1. The second-order valence-corrected chi connectivity index (χ2v) is 4.85. The highest BCUT2D eigenvalue weighted by molar-refractivity contribution is 5.84. The first-order valence-electron chi connectivity index (χ1n) is 7.21. The number of benzene rings is 1. The molecule has 1 rings (SSSR count). The molecular formula is C16H27N3O2. The van der Waals surface area contributed by atoms with Crippen LogP contribution < -0.4 is 16.8 Å². The maximum atomic E-state index is 11.9. The Morgan fingerprint density at radius 2 is 1.86 bits per heavy atom. The molecule has 0 fully saturated rings. The summed E-state index contributed by atoms with van der Waals surface area (Å²) in [5, 5.41) is 2.70. The van der Waals surface area contributed by atoms with Crippen LogP contribution in [0.4, 0.5) is 0 Å². The molecule has 1 aromatic carbocycles. The van der Waals surface area contributed by atoms with Gasteiger partial charge in [0.2, 0.25) is 5.91 Å². The second-order valence-electron chi connectivity index (χ2n) is 4.85. The summed E-state index contributed by atoms with van der Waals surface area (Å²) in [6.45, 7) is 3.91. The van der Waals surface area contributed by atoms with Crippen molar-refractivity contribution in [2.45, 2.75) is 38.8 Å². The van der Waals surface area contributed by atoms with Crippen LogP contribution in [0.15, 0.2) is 30.3 Å². The molecule has 0 aliphatic carbocycles. The molecule has 0 aromatic heterocycles. The predicted octanol–water partition coefficient (Wildman–Crippen LogP) is 0.861. The maximum Gasteiger partial charge on any atom is 0.237 e. The number of amides is 1. The monoisotopic (exact) mass is 293 g/mol. The SMILES string of the molecule is CCC(C)C(N)C(=O)NC(C=O)Cc1ccccc1.CN. The molecule has 0 radical (unpaired) electrons. The number of hydrogen-bond donors (Lipinski definition) is 3. The minimum absolute atomic E-state index is 0.101. The summed E-state index contributed by atoms with van der Waals surface area (Å²) in [6.07, 6.45) is 2.08. The fourth-order valence-corrected chi connectivity index (χ4v) is 1.79. The van der Waals surface area contributed by atoms with Gasteiger partial charge >= 0.3 is 0 Å². The largest absolute Gasteiger partial charge is 0.345 e. The van der Waals surface area contributed by atoms with Gasteiger partial charge in [-0.1, -0.05) is 50.6 Å². The van der Waals surface area contributed by atoms with Crippen molar-refractivity contribution < 1.29 is 9.59 Å². The molecular weight excluding hydrogens is 266 g/mol. The van der Waals surface area contributed by atoms with E-state index in [0.717, 1.165) is 18.3 Å². The fourth-order valence-electron chi connectivity index (χ4n) is 1.79. The van der Waals surface area contributed by atoms with Gasteiger partial charge in [-0.3, -0.25) is 4.79 Å². The van der Waals surface area contributed by atoms with Crippen LogP contribution in [0.2, 0.25) is 0 Å². The fraction of sp³-hybridized carbons (Fsp3) is 0.500. The van der Waals surface area contributed by atoms with Crippen LogP contribution >= 0.6 is 0 Å². The summed E-state index contributed by atoms with van der Waals surface area (Å²) < 4.78 is 0. The molecule has 5 N–H and O–H groups in total. The zero-order chi connectivity index (χ0) is 16.3. The van der Waals surface area contributed by atoms with E-state index in [4.69, 9.17) is 5.73 Å². The van der Waals surface area contributed by atoms with Gasteiger partial charge in [-0.2, -0.15) is 0 Å². The van der Waals surface area contributed by atoms with E-state index in [0.29, 0.717) is 6.42 Å². The van der Waals surface area contributed by atoms with Crippen molar-refractivity contribution in [3.8, 4) is 0 Å². The van der Waals surface area contributed by atoms with Gasteiger partial charge in [0, 0.05) is 0 Å². The molecule has 5 heteroatoms. The lowest BCUT2D eigenvalue weighted by atomic mass is 9.98. The summed E-state index contributed by atoms with van der Waals surface area (Å²) in [5.74, 6) is -0.161. The Balaban J connectivity index is 0.00000191. The van der Waals surface area contributed by atoms with Crippen LogP contribution in [-0.4, -0.2) is 31.3 Å². The molecule has 0 heterocycles. The highest BCUT2D eigenvalue weighted by Crippen LogP contribution is 2.06. The third kappa shape index (κ3) is 7.02. The van der Waals surface area contributed by atoms with Gasteiger partial charge in [0.25, 0.3) is 0 Å². The molecule has 0 saturated heterocycles. The molecule has 21 heavy (non-hydrogen) atoms. The van der Waals surface area contributed by atoms with Crippen LogP contribution in [0.25, 0.3) is 0 Å². The van der Waals surface area contributed by atoms with Crippen molar-refractivity contribution in [1.29, 1.82) is 0 Å². The first-order chi connectivity index (χ1) is 10.1. The Morgan fingerprint density at radius 1 is 1.29 bits per heavy atom. The van der Waals surface area contributed by atoms with Crippen molar-refractivity contribution in [2.24, 2.45) is 17.4 Å². The number of rotatable bonds is 7. The average Bonchev–Trinajstić information content (AvgIpc) is 2.55. The highest BCUT2D eigenvalue weighted by atomic mass is 16.2. The molecule has 0 saturated carbocycles. The summed E-state index contributed by atoms with van der Waals surface area (Å²) in [6, 6.07) is 8.49. The van der Waals surface area contributed by atoms with Crippen molar-refractivity contribution in [2.75, 3.05) is 7.05 Å². The minimum atomic E-state index is -0.566. The first-order valence-corrected chi connectivity index (χ1v) is 7.21. The van der Waals surface area contributed by atoms with Crippen molar-refractivity contribution in [1.82, 2.24) is 5.32 Å². The van der Waals surface area contributed by atoms with Crippen molar-refractivity contribution in [3.05, 3.63) is 35.9 Å². The lowest BCUT2D eigenvalue weighted by Gasteiger charge is -2.20. The maximum absolute atomic E-state index is 11.9. The van der Waals surface area contributed by atoms with Gasteiger partial charge in [-0.25, -0.2) is 0 Å². The molecule has 5 nitrogen and oxygen atoms in total. The van der Waals surface area contributed by atoms with E-state index >= 15 is 0 Å². The Labute approximate surface area is 127 Å². The van der Waals surface area contributed by atoms with Crippen LogP contribution in [0, 0.1) is 5.92 Å². The van der Waals surface area contributed by atoms with E-state index in [1.54, 1.807) is 0 Å². The van der Waals surface area contributed by atoms with E-state index in [1.807, 2.05) is 44.2 Å². The molecule has 1 aromatic rings. The molecule has 1 amide bonds. The number of carbonyl (C=O) groups excluding carboxylic acids is 2. The first kappa shape index (κ1) is 19.3. The van der Waals surface area contributed by atoms with Crippen LogP contribution in [0.1, 0.15) is 25.8 Å². The topological polar surface area (TPSA) is 98.2 Å². The second kappa shape index (κ2) is 11.0. The Kier molecular flexibility index (Phi) is 10.1. The zero-order valence-electron chi connectivity index (χ0n) is 13.1. The van der Waals surface area contributed by atoms with Crippen LogP contribution in [0.3, 0.4) is 0 Å². The molecule has 0 spiro atoms. The van der Waals surface area contributed by atoms with Gasteiger partial charge in [-0.05, 0) is 24.9 Å². The Morgan fingerprint density at radius 3 is 2.33 bits per heavy atom. The summed E-state index contributed by atoms with van der Waals surface area (Å²) in [4.78, 5) is 23.0. The molecule has 0 bridgehead atoms. The van der Waals surface area contributed by atoms with Gasteiger partial charge in [0.1, 0.15) is 6.29 Å². The lowest BCUT2D eigenvalue weighted by Crippen LogP contribution is -2.49. The summed E-state index contributed by atoms with van der Waals surface area (Å²) >= 11 is 0. The van der Waals surface area contributed by atoms with E-state index in [2.05, 4.69) is 11.1 Å². The van der Waals surface area contributed by atoms with Gasteiger partial charge in [0.15, 0.2) is 0 Å². The minimum Gasteiger partial charge on any atom is -0.345 e. The molecule has 3 atom stereocenters. The molecule has 3 unspecified atom stereocenters. The number of hydrogen-bond acceptors (Lipinski definition) is 4. The van der Waals surface area contributed by atoms with E-state index in [-0.39, 0.29) is 11.8 Å². The van der Waals surface area contributed by atoms with E-state index in [1.165, 1.54) is 7.05 Å². The predicted molar refractivity (Wildman–Crippen MR) is 85.7 cm³/mol. The quantitative estimate of drug-likeness (QED) is 0.649. The Hall–Kier alpha value is -1.72. The number of nitrogens with two attached hydrogens (primary N) is 2. The van der Waals surface area contributed by atoms with Crippen LogP contribution in [0.5, 0.6) is 0 Å². The zero-order valence-corrected chi connectivity index (χ0v) is 13.1. The van der Waals surface area contributed by atoms with E-state index in [9.17, 15) is 9.59 Å². The van der Waals surface area contributed by atoms with Gasteiger partial charge < -0.3 is 21.6 Å². The van der Waals surface area contributed by atoms with Crippen molar-refractivity contribution in [3.63, 3.8) is 0 Å². The summed E-state index contributed by atoms with van der Waals surface area (Å²) in [5.41, 5.74) is 11.4. The third-order valence-electron chi connectivity index (χ3n) is 3.35. The molecule has 118 valence electrons. The summed E-state index contributed by atoms with van der Waals surface area (Å²) in [7, 11) is 1.50. The standard InChI is InChI=1S/C15H22N2O2.CH5N/c1-3-11(2)14(16)15(19)17-13(10-18)9-12-7-5-4-6-8-12;1-2/h4-8,10-11,13-14H,3,9,16H2,1-2H3,(H,17,19);2H2,1H3. The van der Waals surface area contributed by atoms with Crippen LogP contribution in [-0.2, 0) is 16.0 Å². The van der Waals surface area contributed by atoms with Crippen molar-refractivity contribution >= 4 is 12.2 Å². The molecule has 0 aliphatic rings. The number of aldehydes is 1. The normalized spacial score (nSPS) is 14.1. The van der Waals surface area contributed by atoms with E-state index < -0.39 is 12.1 Å². The lowest BCUT2D eigenvalue weighted by molar-refractivity contribution is -0.126. The number of carbonyl (C=O) groups is 2.